The maximum absolute atomic E-state index is 14.4. The van der Waals surface area contributed by atoms with Crippen LogP contribution in [0, 0.1) is 12.7 Å². The number of imide groups is 1. The number of carbonyl (C=O) groups excluding carboxylic acids is 3. The molecule has 0 aliphatic carbocycles. The van der Waals surface area contributed by atoms with E-state index in [1.54, 1.807) is 39.0 Å². The van der Waals surface area contributed by atoms with Gasteiger partial charge in [0.15, 0.2) is 0 Å². The van der Waals surface area contributed by atoms with Crippen LogP contribution in [0.1, 0.15) is 51.3 Å². The SMILES string of the molecule is Cc1c(-c2c(Cl)cc(C(N)=O)c3[nH]c4cc(C(C)(C)O)ccc4c23)cccc1N1C(=O)Cc2c(F)cccc2C1=O. The van der Waals surface area contributed by atoms with Gasteiger partial charge in [-0.15, -0.1) is 0 Å². The summed E-state index contributed by atoms with van der Waals surface area (Å²) in [7, 11) is 0. The van der Waals surface area contributed by atoms with Crippen LogP contribution in [0.2, 0.25) is 5.02 Å². The third-order valence-electron chi connectivity index (χ3n) is 7.74. The number of nitrogens with one attached hydrogen (secondary N) is 1. The van der Waals surface area contributed by atoms with Gasteiger partial charge in [0, 0.05) is 38.0 Å². The Bertz CT molecular complexity index is 1970. The van der Waals surface area contributed by atoms with E-state index in [9.17, 15) is 23.9 Å². The molecule has 1 aliphatic heterocycles. The van der Waals surface area contributed by atoms with E-state index in [4.69, 9.17) is 17.3 Å². The van der Waals surface area contributed by atoms with E-state index in [1.165, 1.54) is 24.3 Å². The number of H-pyrrole nitrogens is 1. The molecule has 9 heteroatoms. The first-order valence-corrected chi connectivity index (χ1v) is 13.3. The molecule has 0 unspecified atom stereocenters. The zero-order valence-corrected chi connectivity index (χ0v) is 23.2. The van der Waals surface area contributed by atoms with Crippen LogP contribution in [0.25, 0.3) is 32.9 Å². The minimum atomic E-state index is -1.10. The highest BCUT2D eigenvalue weighted by molar-refractivity contribution is 6.37. The van der Waals surface area contributed by atoms with Gasteiger partial charge >= 0.3 is 0 Å². The number of nitrogens with two attached hydrogens (primary N) is 1. The zero-order valence-electron chi connectivity index (χ0n) is 22.4. The van der Waals surface area contributed by atoms with Gasteiger partial charge in [0.05, 0.1) is 28.8 Å². The normalized spacial score (nSPS) is 13.8. The lowest BCUT2D eigenvalue weighted by molar-refractivity contribution is -0.117. The van der Waals surface area contributed by atoms with E-state index in [0.29, 0.717) is 44.4 Å². The number of fused-ring (bicyclic) bond motifs is 4. The van der Waals surface area contributed by atoms with Crippen molar-refractivity contribution in [1.29, 1.82) is 0 Å². The van der Waals surface area contributed by atoms with Crippen LogP contribution in [0.15, 0.2) is 60.7 Å². The Kier molecular flexibility index (Phi) is 6.02. The van der Waals surface area contributed by atoms with Gasteiger partial charge in [-0.3, -0.25) is 14.4 Å². The molecule has 0 bridgehead atoms. The van der Waals surface area contributed by atoms with Crippen LogP contribution >= 0.6 is 11.6 Å². The van der Waals surface area contributed by atoms with E-state index in [-0.39, 0.29) is 28.1 Å². The molecule has 41 heavy (non-hydrogen) atoms. The van der Waals surface area contributed by atoms with Crippen molar-refractivity contribution in [3.8, 4) is 11.1 Å². The molecule has 0 atom stereocenters. The fraction of sp³-hybridized carbons (Fsp3) is 0.156. The minimum absolute atomic E-state index is 0.0866. The average molecular weight is 570 g/mol. The van der Waals surface area contributed by atoms with Crippen molar-refractivity contribution in [2.24, 2.45) is 5.73 Å². The molecule has 4 N–H and O–H groups in total. The van der Waals surface area contributed by atoms with Crippen molar-refractivity contribution in [3.63, 3.8) is 0 Å². The molecule has 7 nitrogen and oxygen atoms in total. The van der Waals surface area contributed by atoms with E-state index >= 15 is 0 Å². The standard InChI is InChI=1S/C32H25ClFN3O4/c1-15-17(6-5-9-25(15)37-26(38)14-20-18(31(37)40)7-4-8-23(20)34)27-22(33)13-21(30(35)39)29-28(27)19-11-10-16(32(2,3)41)12-24(19)36-29/h4-13,36,41H,14H2,1-3H3,(H2,35,39). The number of hydrogen-bond donors (Lipinski definition) is 3. The predicted molar refractivity (Wildman–Crippen MR) is 157 cm³/mol. The molecule has 0 spiro atoms. The summed E-state index contributed by atoms with van der Waals surface area (Å²) in [5.74, 6) is -2.41. The molecule has 1 aliphatic rings. The van der Waals surface area contributed by atoms with Gasteiger partial charge in [-0.05, 0) is 67.8 Å². The van der Waals surface area contributed by atoms with Gasteiger partial charge in [-0.25, -0.2) is 9.29 Å². The lowest BCUT2D eigenvalue weighted by atomic mass is 9.91. The first kappa shape index (κ1) is 26.7. The number of aromatic nitrogens is 1. The molecule has 6 rings (SSSR count). The number of primary amides is 1. The smallest absolute Gasteiger partial charge is 0.265 e. The lowest BCUT2D eigenvalue weighted by Crippen LogP contribution is -2.43. The number of halogens is 2. The molecule has 0 fully saturated rings. The Morgan fingerprint density at radius 2 is 1.78 bits per heavy atom. The average Bonchev–Trinajstić information content (AvgIpc) is 3.28. The molecular formula is C32H25ClFN3O4. The number of rotatable bonds is 4. The zero-order chi connectivity index (χ0) is 29.4. The molecule has 0 saturated heterocycles. The highest BCUT2D eigenvalue weighted by Crippen LogP contribution is 2.44. The van der Waals surface area contributed by atoms with Crippen LogP contribution in [-0.4, -0.2) is 27.8 Å². The van der Waals surface area contributed by atoms with Gasteiger partial charge in [0.25, 0.3) is 11.8 Å². The van der Waals surface area contributed by atoms with E-state index in [1.807, 2.05) is 18.2 Å². The lowest BCUT2D eigenvalue weighted by Gasteiger charge is -2.29. The van der Waals surface area contributed by atoms with Crippen LogP contribution < -0.4 is 10.6 Å². The third kappa shape index (κ3) is 4.10. The highest BCUT2D eigenvalue weighted by atomic mass is 35.5. The van der Waals surface area contributed by atoms with Crippen molar-refractivity contribution >= 4 is 56.8 Å². The summed E-state index contributed by atoms with van der Waals surface area (Å²) in [6.45, 7) is 5.13. The molecule has 4 aromatic carbocycles. The largest absolute Gasteiger partial charge is 0.386 e. The van der Waals surface area contributed by atoms with Crippen molar-refractivity contribution < 1.29 is 23.9 Å². The van der Waals surface area contributed by atoms with E-state index in [0.717, 1.165) is 10.3 Å². The molecule has 1 aromatic heterocycles. The van der Waals surface area contributed by atoms with E-state index in [2.05, 4.69) is 4.98 Å². The number of aromatic amines is 1. The van der Waals surface area contributed by atoms with E-state index < -0.39 is 29.1 Å². The topological polar surface area (TPSA) is 116 Å². The fourth-order valence-electron chi connectivity index (χ4n) is 5.67. The summed E-state index contributed by atoms with van der Waals surface area (Å²) in [5.41, 5.74) is 9.00. The quantitative estimate of drug-likeness (QED) is 0.225. The van der Waals surface area contributed by atoms with Gasteiger partial charge < -0.3 is 15.8 Å². The molecule has 5 aromatic rings. The number of nitrogens with zero attached hydrogens (tertiary/aromatic N) is 1. The second-order valence-electron chi connectivity index (χ2n) is 10.8. The maximum atomic E-state index is 14.4. The Balaban J connectivity index is 1.61. The van der Waals surface area contributed by atoms with Gasteiger partial charge in [-0.1, -0.05) is 41.9 Å². The minimum Gasteiger partial charge on any atom is -0.386 e. The Labute approximate surface area is 239 Å². The molecule has 0 radical (unpaired) electrons. The summed E-state index contributed by atoms with van der Waals surface area (Å²) in [4.78, 5) is 43.5. The Hall–Kier alpha value is -4.53. The highest BCUT2D eigenvalue weighted by Gasteiger charge is 2.35. The van der Waals surface area contributed by atoms with Crippen LogP contribution in [-0.2, 0) is 16.8 Å². The number of aliphatic hydroxyl groups is 1. The number of carbonyl (C=O) groups is 3. The van der Waals surface area contributed by atoms with Crippen molar-refractivity contribution in [2.45, 2.75) is 32.8 Å². The molecule has 3 amide bonds. The molecular weight excluding hydrogens is 545 g/mol. The summed E-state index contributed by atoms with van der Waals surface area (Å²) in [6, 6.07) is 16.3. The number of amides is 3. The van der Waals surface area contributed by atoms with Crippen LogP contribution in [0.5, 0.6) is 0 Å². The summed E-state index contributed by atoms with van der Waals surface area (Å²) < 4.78 is 14.4. The van der Waals surface area contributed by atoms with Crippen molar-refractivity contribution in [2.75, 3.05) is 4.90 Å². The number of benzene rings is 4. The van der Waals surface area contributed by atoms with Crippen molar-refractivity contribution in [1.82, 2.24) is 4.98 Å². The first-order chi connectivity index (χ1) is 19.4. The summed E-state index contributed by atoms with van der Waals surface area (Å²) >= 11 is 6.85. The van der Waals surface area contributed by atoms with Crippen LogP contribution in [0.4, 0.5) is 10.1 Å². The van der Waals surface area contributed by atoms with Crippen molar-refractivity contribution in [3.05, 3.63) is 99.3 Å². The monoisotopic (exact) mass is 569 g/mol. The fourth-order valence-corrected chi connectivity index (χ4v) is 5.98. The van der Waals surface area contributed by atoms with Crippen LogP contribution in [0.3, 0.4) is 0 Å². The Morgan fingerprint density at radius 1 is 1.07 bits per heavy atom. The predicted octanol–water partition coefficient (Wildman–Crippen LogP) is 6.14. The van der Waals surface area contributed by atoms with Gasteiger partial charge in [-0.2, -0.15) is 0 Å². The third-order valence-corrected chi connectivity index (χ3v) is 8.04. The first-order valence-electron chi connectivity index (χ1n) is 12.9. The summed E-state index contributed by atoms with van der Waals surface area (Å²) in [6.07, 6.45) is -0.248. The summed E-state index contributed by atoms with van der Waals surface area (Å²) in [5, 5.41) is 12.2. The molecule has 2 heterocycles. The number of hydrogen-bond acceptors (Lipinski definition) is 4. The van der Waals surface area contributed by atoms with Gasteiger partial charge in [0.2, 0.25) is 5.91 Å². The second kappa shape index (κ2) is 9.26. The number of anilines is 1. The molecule has 206 valence electrons. The second-order valence-corrected chi connectivity index (χ2v) is 11.2. The molecule has 0 saturated carbocycles. The van der Waals surface area contributed by atoms with Gasteiger partial charge in [0.1, 0.15) is 5.82 Å². The Morgan fingerprint density at radius 3 is 2.49 bits per heavy atom. The maximum Gasteiger partial charge on any atom is 0.265 e.